The van der Waals surface area contributed by atoms with Crippen molar-refractivity contribution < 1.29 is 32.9 Å². The number of nitrogens with one attached hydrogen (secondary N) is 1. The van der Waals surface area contributed by atoms with Crippen LogP contribution in [-0.2, 0) is 18.4 Å². The Hall–Kier alpha value is -1.28. The van der Waals surface area contributed by atoms with Gasteiger partial charge in [-0.1, -0.05) is 108 Å². The number of carbonyl (C=O) groups is 1. The summed E-state index contributed by atoms with van der Waals surface area (Å²) >= 11 is 0. The van der Waals surface area contributed by atoms with E-state index >= 15 is 0 Å². The van der Waals surface area contributed by atoms with Gasteiger partial charge in [0.15, 0.2) is 0 Å². The molecule has 252 valence electrons. The van der Waals surface area contributed by atoms with E-state index in [1.807, 2.05) is 21.1 Å². The predicted octanol–water partition coefficient (Wildman–Crippen LogP) is 8.01. The fourth-order valence-corrected chi connectivity index (χ4v) is 5.15. The van der Waals surface area contributed by atoms with Crippen LogP contribution in [0.15, 0.2) is 36.5 Å². The van der Waals surface area contributed by atoms with Crippen molar-refractivity contribution in [3.8, 4) is 0 Å². The first-order chi connectivity index (χ1) is 20.5. The first-order valence-electron chi connectivity index (χ1n) is 16.9. The SMILES string of the molecule is CC/C=C\C/C=C\C/C=C\CCCCCC(=O)NC(COP(=O)(O)OCC[N+](C)(C)C)C(O)CCCCCCCCCC. The predicted molar refractivity (Wildman–Crippen MR) is 180 cm³/mol. The summed E-state index contributed by atoms with van der Waals surface area (Å²) in [6, 6.07) is -0.770. The highest BCUT2D eigenvalue weighted by Gasteiger charge is 2.28. The lowest BCUT2D eigenvalue weighted by Crippen LogP contribution is -2.46. The van der Waals surface area contributed by atoms with Gasteiger partial charge in [0.2, 0.25) is 5.91 Å². The van der Waals surface area contributed by atoms with Gasteiger partial charge < -0.3 is 19.8 Å². The largest absolute Gasteiger partial charge is 0.472 e. The Bertz CT molecular complexity index is 809. The Labute approximate surface area is 264 Å². The van der Waals surface area contributed by atoms with Crippen LogP contribution in [0.5, 0.6) is 0 Å². The molecular weight excluding hydrogens is 563 g/mol. The van der Waals surface area contributed by atoms with Gasteiger partial charge in [-0.3, -0.25) is 13.8 Å². The molecule has 9 heteroatoms. The summed E-state index contributed by atoms with van der Waals surface area (Å²) in [5, 5.41) is 13.7. The van der Waals surface area contributed by atoms with E-state index in [1.165, 1.54) is 32.1 Å². The second-order valence-corrected chi connectivity index (χ2v) is 14.0. The first-order valence-corrected chi connectivity index (χ1v) is 18.3. The van der Waals surface area contributed by atoms with E-state index in [2.05, 4.69) is 55.6 Å². The fraction of sp³-hybridized carbons (Fsp3) is 0.794. The van der Waals surface area contributed by atoms with Crippen molar-refractivity contribution in [3.05, 3.63) is 36.5 Å². The molecule has 0 aromatic rings. The summed E-state index contributed by atoms with van der Waals surface area (Å²) in [6.07, 6.45) is 28.9. The quantitative estimate of drug-likeness (QED) is 0.0335. The molecule has 0 aromatic heterocycles. The lowest BCUT2D eigenvalue weighted by atomic mass is 10.0. The summed E-state index contributed by atoms with van der Waals surface area (Å²) in [5.74, 6) is -0.180. The van der Waals surface area contributed by atoms with Crippen LogP contribution >= 0.6 is 7.82 Å². The van der Waals surface area contributed by atoms with E-state index in [4.69, 9.17) is 9.05 Å². The molecule has 0 rings (SSSR count). The molecular formula is C34H66N2O6P+. The normalized spacial score (nSPS) is 15.4. The number of rotatable bonds is 29. The average Bonchev–Trinajstić information content (AvgIpc) is 2.94. The van der Waals surface area contributed by atoms with E-state index in [1.54, 1.807) is 0 Å². The number of amides is 1. The Morgan fingerprint density at radius 3 is 2.02 bits per heavy atom. The number of phosphoric ester groups is 1. The molecule has 3 N–H and O–H groups in total. The third kappa shape index (κ3) is 29.2. The molecule has 0 heterocycles. The number of carbonyl (C=O) groups excluding carboxylic acids is 1. The smallest absolute Gasteiger partial charge is 0.391 e. The minimum atomic E-state index is -4.30. The molecule has 43 heavy (non-hydrogen) atoms. The van der Waals surface area contributed by atoms with E-state index < -0.39 is 20.0 Å². The number of hydrogen-bond acceptors (Lipinski definition) is 5. The standard InChI is InChI=1S/C34H65N2O6P/c1-6-8-10-12-14-16-17-18-19-20-22-24-26-28-34(38)35-32(31-42-43(39,40)41-30-29-36(3,4)5)33(37)27-25-23-21-15-13-11-9-7-2/h8,10,14,16,18-19,32-33,37H,6-7,9,11-13,15,17,20-31H2,1-5H3,(H-,35,38,39,40)/p+1/b10-8-,16-14-,19-18-. The van der Waals surface area contributed by atoms with Crippen molar-refractivity contribution >= 4 is 13.7 Å². The van der Waals surface area contributed by atoms with E-state index in [9.17, 15) is 19.4 Å². The fourth-order valence-electron chi connectivity index (χ4n) is 4.41. The van der Waals surface area contributed by atoms with Crippen LogP contribution in [0.3, 0.4) is 0 Å². The van der Waals surface area contributed by atoms with Crippen molar-refractivity contribution in [2.45, 2.75) is 135 Å². The van der Waals surface area contributed by atoms with E-state index in [0.29, 0.717) is 23.9 Å². The molecule has 0 aliphatic carbocycles. The van der Waals surface area contributed by atoms with Crippen molar-refractivity contribution in [1.82, 2.24) is 5.32 Å². The number of aliphatic hydroxyl groups is 1. The molecule has 1 amide bonds. The molecule has 0 spiro atoms. The van der Waals surface area contributed by atoms with Gasteiger partial charge >= 0.3 is 7.82 Å². The maximum Gasteiger partial charge on any atom is 0.472 e. The summed E-state index contributed by atoms with van der Waals surface area (Å²) in [5.41, 5.74) is 0. The summed E-state index contributed by atoms with van der Waals surface area (Å²) < 4.78 is 23.3. The first kappa shape index (κ1) is 41.7. The molecule has 0 fully saturated rings. The molecule has 3 unspecified atom stereocenters. The van der Waals surface area contributed by atoms with Crippen molar-refractivity contribution in [1.29, 1.82) is 0 Å². The molecule has 8 nitrogen and oxygen atoms in total. The number of aliphatic hydroxyl groups excluding tert-OH is 1. The second kappa shape index (κ2) is 27.1. The average molecular weight is 630 g/mol. The van der Waals surface area contributed by atoms with Crippen molar-refractivity contribution in [2.75, 3.05) is 40.9 Å². The summed E-state index contributed by atoms with van der Waals surface area (Å²) in [4.78, 5) is 22.8. The molecule has 3 atom stereocenters. The number of nitrogens with zero attached hydrogens (tertiary/aromatic N) is 1. The van der Waals surface area contributed by atoms with Gasteiger partial charge in [-0.25, -0.2) is 4.57 Å². The van der Waals surface area contributed by atoms with Gasteiger partial charge in [-0.15, -0.1) is 0 Å². The van der Waals surface area contributed by atoms with Gasteiger partial charge in [-0.2, -0.15) is 0 Å². The minimum Gasteiger partial charge on any atom is -0.391 e. The van der Waals surface area contributed by atoms with Gasteiger partial charge in [0.1, 0.15) is 13.2 Å². The van der Waals surface area contributed by atoms with Crippen LogP contribution in [0.2, 0.25) is 0 Å². The Kier molecular flexibility index (Phi) is 26.3. The highest BCUT2D eigenvalue weighted by Crippen LogP contribution is 2.43. The zero-order valence-corrected chi connectivity index (χ0v) is 29.1. The monoisotopic (exact) mass is 629 g/mol. The number of unbranched alkanes of at least 4 members (excludes halogenated alkanes) is 10. The lowest BCUT2D eigenvalue weighted by Gasteiger charge is -2.26. The molecule has 0 bridgehead atoms. The third-order valence-electron chi connectivity index (χ3n) is 7.15. The molecule has 0 saturated carbocycles. The molecule has 0 aliphatic rings. The van der Waals surface area contributed by atoms with Crippen molar-refractivity contribution in [2.24, 2.45) is 0 Å². The third-order valence-corrected chi connectivity index (χ3v) is 8.14. The van der Waals surface area contributed by atoms with Crippen LogP contribution in [0, 0.1) is 0 Å². The maximum absolute atomic E-state index is 12.7. The van der Waals surface area contributed by atoms with Crippen LogP contribution < -0.4 is 5.32 Å². The van der Waals surface area contributed by atoms with E-state index in [-0.39, 0.29) is 19.1 Å². The summed E-state index contributed by atoms with van der Waals surface area (Å²) in [7, 11) is 1.58. The van der Waals surface area contributed by atoms with Crippen LogP contribution in [-0.4, -0.2) is 73.4 Å². The van der Waals surface area contributed by atoms with Crippen LogP contribution in [0.25, 0.3) is 0 Å². The number of hydrogen-bond donors (Lipinski definition) is 3. The Balaban J connectivity index is 4.58. The van der Waals surface area contributed by atoms with Crippen LogP contribution in [0.4, 0.5) is 0 Å². The summed E-state index contributed by atoms with van der Waals surface area (Å²) in [6.45, 7) is 4.67. The molecule has 0 saturated heterocycles. The Morgan fingerprint density at radius 2 is 1.40 bits per heavy atom. The Morgan fingerprint density at radius 1 is 0.814 bits per heavy atom. The minimum absolute atomic E-state index is 0.0671. The zero-order chi connectivity index (χ0) is 32.2. The van der Waals surface area contributed by atoms with Gasteiger partial charge in [0.25, 0.3) is 0 Å². The molecule has 0 aliphatic heterocycles. The van der Waals surface area contributed by atoms with Crippen LogP contribution in [0.1, 0.15) is 123 Å². The van der Waals surface area contributed by atoms with Gasteiger partial charge in [-0.05, 0) is 44.9 Å². The van der Waals surface area contributed by atoms with Gasteiger partial charge in [0, 0.05) is 6.42 Å². The van der Waals surface area contributed by atoms with Gasteiger partial charge in [0.05, 0.1) is 39.9 Å². The molecule has 0 radical (unpaired) electrons. The lowest BCUT2D eigenvalue weighted by molar-refractivity contribution is -0.870. The maximum atomic E-state index is 12.7. The number of quaternary nitrogens is 1. The zero-order valence-electron chi connectivity index (χ0n) is 28.2. The number of phosphoric acid groups is 1. The topological polar surface area (TPSA) is 105 Å². The second-order valence-electron chi connectivity index (χ2n) is 12.5. The highest BCUT2D eigenvalue weighted by molar-refractivity contribution is 7.47. The number of likely N-dealkylation sites (N-methyl/N-ethyl adjacent to an activating group) is 1. The highest BCUT2D eigenvalue weighted by atomic mass is 31.2. The number of allylic oxidation sites excluding steroid dienone is 6. The van der Waals surface area contributed by atoms with E-state index in [0.717, 1.165) is 64.2 Å². The van der Waals surface area contributed by atoms with Crippen molar-refractivity contribution in [3.63, 3.8) is 0 Å². The molecule has 0 aromatic carbocycles.